The number of carboxylic acids is 1. The summed E-state index contributed by atoms with van der Waals surface area (Å²) in [7, 11) is 0. The molecule has 5 rings (SSSR count). The van der Waals surface area contributed by atoms with Crippen molar-refractivity contribution in [3.8, 4) is 0 Å². The third-order valence-electron chi connectivity index (χ3n) is 6.98. The molecule has 1 amide bonds. The number of carboxylic acid groups (broad SMARTS) is 1. The van der Waals surface area contributed by atoms with Crippen molar-refractivity contribution in [3.05, 3.63) is 112 Å². The molecular formula is C30H29ClN2O4. The van der Waals surface area contributed by atoms with Gasteiger partial charge in [0.1, 0.15) is 0 Å². The van der Waals surface area contributed by atoms with Crippen molar-refractivity contribution >= 4 is 29.2 Å². The fourth-order valence-electron chi connectivity index (χ4n) is 4.99. The van der Waals surface area contributed by atoms with Gasteiger partial charge in [-0.15, -0.1) is 0 Å². The predicted octanol–water partition coefficient (Wildman–Crippen LogP) is 6.60. The van der Waals surface area contributed by atoms with Crippen LogP contribution in [-0.4, -0.2) is 23.1 Å². The lowest BCUT2D eigenvalue weighted by molar-refractivity contribution is -0.114. The Morgan fingerprint density at radius 1 is 1.08 bits per heavy atom. The number of nitrogens with one attached hydrogen (secondary N) is 1. The molecule has 2 aliphatic rings. The number of rotatable bonds is 6. The molecule has 2 N–H and O–H groups in total. The Labute approximate surface area is 221 Å². The Balaban J connectivity index is 1.44. The van der Waals surface area contributed by atoms with Gasteiger partial charge >= 0.3 is 5.97 Å². The molecule has 3 aromatic carbocycles. The van der Waals surface area contributed by atoms with E-state index in [0.29, 0.717) is 34.9 Å². The quantitative estimate of drug-likeness (QED) is 0.361. The summed E-state index contributed by atoms with van der Waals surface area (Å²) in [5.74, 6) is -0.750. The van der Waals surface area contributed by atoms with E-state index in [1.165, 1.54) is 11.6 Å². The Hall–Kier alpha value is -3.45. The molecule has 190 valence electrons. The van der Waals surface area contributed by atoms with Gasteiger partial charge in [0.15, 0.2) is 0 Å². The van der Waals surface area contributed by atoms with Crippen LogP contribution >= 0.6 is 11.6 Å². The minimum Gasteiger partial charge on any atom is -0.478 e. The number of amides is 1. The van der Waals surface area contributed by atoms with E-state index in [1.54, 1.807) is 17.1 Å². The summed E-state index contributed by atoms with van der Waals surface area (Å²) >= 11 is 6.16. The van der Waals surface area contributed by atoms with Crippen molar-refractivity contribution in [2.75, 3.05) is 5.01 Å². The van der Waals surface area contributed by atoms with Crippen LogP contribution < -0.4 is 10.4 Å². The zero-order chi connectivity index (χ0) is 26.1. The van der Waals surface area contributed by atoms with Gasteiger partial charge in [-0.2, -0.15) is 0 Å². The number of hydrogen-bond donors (Lipinski definition) is 2. The minimum atomic E-state index is -1.02. The molecule has 0 aliphatic carbocycles. The van der Waals surface area contributed by atoms with Crippen molar-refractivity contribution < 1.29 is 19.4 Å². The molecular weight excluding hydrogens is 488 g/mol. The zero-order valence-corrected chi connectivity index (χ0v) is 21.5. The van der Waals surface area contributed by atoms with Gasteiger partial charge in [-0.25, -0.2) is 15.2 Å². The second kappa shape index (κ2) is 10.5. The van der Waals surface area contributed by atoms with Crippen molar-refractivity contribution in [2.24, 2.45) is 0 Å². The van der Waals surface area contributed by atoms with Crippen molar-refractivity contribution in [2.45, 2.75) is 50.9 Å². The third-order valence-corrected chi connectivity index (χ3v) is 7.21. The van der Waals surface area contributed by atoms with Crippen LogP contribution in [0.2, 0.25) is 5.02 Å². The van der Waals surface area contributed by atoms with Gasteiger partial charge in [0.25, 0.3) is 5.91 Å². The molecule has 3 unspecified atom stereocenters. The van der Waals surface area contributed by atoms with Crippen LogP contribution in [0.3, 0.4) is 0 Å². The molecule has 2 heterocycles. The summed E-state index contributed by atoms with van der Waals surface area (Å²) in [6.07, 6.45) is 2.44. The van der Waals surface area contributed by atoms with Gasteiger partial charge < -0.3 is 9.84 Å². The van der Waals surface area contributed by atoms with E-state index in [2.05, 4.69) is 19.3 Å². The summed E-state index contributed by atoms with van der Waals surface area (Å²) in [5, 5.41) is 11.7. The number of carbonyl (C=O) groups excluding carboxylic acids is 1. The van der Waals surface area contributed by atoms with Crippen LogP contribution in [0.1, 0.15) is 71.8 Å². The van der Waals surface area contributed by atoms with Crippen LogP contribution in [0.25, 0.3) is 0 Å². The largest absolute Gasteiger partial charge is 0.478 e. The summed E-state index contributed by atoms with van der Waals surface area (Å²) in [4.78, 5) is 25.4. The average molecular weight is 517 g/mol. The Morgan fingerprint density at radius 3 is 2.49 bits per heavy atom. The first-order valence-corrected chi connectivity index (χ1v) is 12.8. The van der Waals surface area contributed by atoms with Gasteiger partial charge in [0, 0.05) is 10.6 Å². The first-order valence-electron chi connectivity index (χ1n) is 12.5. The Kier molecular flexibility index (Phi) is 7.15. The maximum absolute atomic E-state index is 13.7. The normalized spacial score (nSPS) is 22.8. The topological polar surface area (TPSA) is 78.9 Å². The zero-order valence-electron chi connectivity index (χ0n) is 20.7. The summed E-state index contributed by atoms with van der Waals surface area (Å²) < 4.78 is 6.27. The first kappa shape index (κ1) is 25.2. The lowest BCUT2D eigenvalue weighted by atomic mass is 9.97. The lowest BCUT2D eigenvalue weighted by Gasteiger charge is -2.18. The van der Waals surface area contributed by atoms with Gasteiger partial charge in [-0.1, -0.05) is 67.9 Å². The molecule has 0 saturated carbocycles. The lowest BCUT2D eigenvalue weighted by Crippen LogP contribution is -2.35. The number of halogens is 1. The smallest absolute Gasteiger partial charge is 0.336 e. The minimum absolute atomic E-state index is 0.132. The summed E-state index contributed by atoms with van der Waals surface area (Å²) in [6.45, 7) is 4.27. The SMILES string of the molecule is CC(C)c1ccc(N2NC(c3ccccc3)/C(=C/C3CCC(c4cc(Cl)ccc4C(=O)O)O3)C2=O)cc1. The van der Waals surface area contributed by atoms with Crippen LogP contribution in [0.4, 0.5) is 5.69 Å². The highest BCUT2D eigenvalue weighted by Gasteiger charge is 2.38. The van der Waals surface area contributed by atoms with Crippen molar-refractivity contribution in [3.63, 3.8) is 0 Å². The molecule has 2 saturated heterocycles. The van der Waals surface area contributed by atoms with Gasteiger partial charge in [0.2, 0.25) is 0 Å². The van der Waals surface area contributed by atoms with E-state index < -0.39 is 12.1 Å². The number of nitrogens with zero attached hydrogens (tertiary/aromatic N) is 1. The molecule has 0 radical (unpaired) electrons. The van der Waals surface area contributed by atoms with Gasteiger partial charge in [0.05, 0.1) is 29.5 Å². The third kappa shape index (κ3) is 5.18. The second-order valence-corrected chi connectivity index (χ2v) is 10.2. The highest BCUT2D eigenvalue weighted by molar-refractivity contribution is 6.30. The highest BCUT2D eigenvalue weighted by atomic mass is 35.5. The fraction of sp³-hybridized carbons (Fsp3) is 0.267. The molecule has 2 fully saturated rings. The summed E-state index contributed by atoms with van der Waals surface area (Å²) in [6, 6.07) is 22.2. The average Bonchev–Trinajstić information content (AvgIpc) is 3.49. The van der Waals surface area contributed by atoms with Crippen LogP contribution in [0.15, 0.2) is 84.4 Å². The fourth-order valence-corrected chi connectivity index (χ4v) is 5.17. The number of hydrazine groups is 1. The number of hydrogen-bond acceptors (Lipinski definition) is 4. The van der Waals surface area contributed by atoms with Crippen LogP contribution in [0, 0.1) is 0 Å². The van der Waals surface area contributed by atoms with Crippen LogP contribution in [-0.2, 0) is 9.53 Å². The molecule has 0 spiro atoms. The van der Waals surface area contributed by atoms with Gasteiger partial charge in [-0.3, -0.25) is 4.79 Å². The first-order chi connectivity index (χ1) is 17.8. The molecule has 37 heavy (non-hydrogen) atoms. The van der Waals surface area contributed by atoms with Crippen LogP contribution in [0.5, 0.6) is 0 Å². The maximum Gasteiger partial charge on any atom is 0.336 e. The monoisotopic (exact) mass is 516 g/mol. The predicted molar refractivity (Wildman–Crippen MR) is 144 cm³/mol. The van der Waals surface area contributed by atoms with E-state index in [9.17, 15) is 14.7 Å². The molecule has 0 aromatic heterocycles. The van der Waals surface area contributed by atoms with E-state index >= 15 is 0 Å². The summed E-state index contributed by atoms with van der Waals surface area (Å²) in [5.41, 5.74) is 7.68. The Morgan fingerprint density at radius 2 is 1.81 bits per heavy atom. The molecule has 2 aliphatic heterocycles. The number of ether oxygens (including phenoxy) is 1. The number of carbonyl (C=O) groups is 2. The highest BCUT2D eigenvalue weighted by Crippen LogP contribution is 2.39. The molecule has 0 bridgehead atoms. The standard InChI is InChI=1S/C30H29ClN2O4/c1-18(2)19-8-11-22(12-9-19)33-29(34)26(28(32-33)20-6-4-3-5-7-20)17-23-13-15-27(37-23)25-16-21(31)10-14-24(25)30(35)36/h3-12,14,16-18,23,27-28,32H,13,15H2,1-2H3,(H,35,36)/b26-17-. The van der Waals surface area contributed by atoms with E-state index in [1.807, 2.05) is 60.7 Å². The molecule has 3 aromatic rings. The number of anilines is 1. The van der Waals surface area contributed by atoms with E-state index in [0.717, 1.165) is 11.3 Å². The van der Waals surface area contributed by atoms with E-state index in [4.69, 9.17) is 16.3 Å². The van der Waals surface area contributed by atoms with Crippen molar-refractivity contribution in [1.82, 2.24) is 5.43 Å². The van der Waals surface area contributed by atoms with Crippen molar-refractivity contribution in [1.29, 1.82) is 0 Å². The molecule has 6 nitrogen and oxygen atoms in total. The number of benzene rings is 3. The van der Waals surface area contributed by atoms with Gasteiger partial charge in [-0.05, 0) is 71.9 Å². The Bertz CT molecular complexity index is 1340. The number of aromatic carboxylic acids is 1. The second-order valence-electron chi connectivity index (χ2n) is 9.76. The molecule has 7 heteroatoms. The van der Waals surface area contributed by atoms with E-state index in [-0.39, 0.29) is 23.6 Å². The molecule has 3 atom stereocenters. The maximum atomic E-state index is 13.7.